The first-order valence-corrected chi connectivity index (χ1v) is 7.35. The summed E-state index contributed by atoms with van der Waals surface area (Å²) in [4.78, 5) is 20.4. The number of rotatable bonds is 5. The van der Waals surface area contributed by atoms with Crippen molar-refractivity contribution in [3.63, 3.8) is 0 Å². The normalized spacial score (nSPS) is 11.6. The van der Waals surface area contributed by atoms with E-state index in [9.17, 15) is 13.6 Å². The van der Waals surface area contributed by atoms with Crippen LogP contribution in [-0.2, 0) is 11.3 Å². The lowest BCUT2D eigenvalue weighted by molar-refractivity contribution is 0.127. The summed E-state index contributed by atoms with van der Waals surface area (Å²) < 4.78 is 32.3. The van der Waals surface area contributed by atoms with Gasteiger partial charge in [-0.3, -0.25) is 9.36 Å². The fourth-order valence-corrected chi connectivity index (χ4v) is 2.98. The Balaban J connectivity index is 2.65. The molecule has 0 fully saturated rings. The summed E-state index contributed by atoms with van der Waals surface area (Å²) in [6.07, 6.45) is -1.01. The lowest BCUT2D eigenvalue weighted by Gasteiger charge is -2.10. The zero-order valence-corrected chi connectivity index (χ0v) is 11.9. The number of fused-ring (bicyclic) bond motifs is 1. The van der Waals surface area contributed by atoms with E-state index in [1.807, 2.05) is 0 Å². The SMILES string of the molecule is COCCn1c(C(F)F)nc2sc(SC)nc2c1=O. The Morgan fingerprint density at radius 1 is 1.47 bits per heavy atom. The van der Waals surface area contributed by atoms with Gasteiger partial charge in [0.05, 0.1) is 13.2 Å². The first-order chi connectivity index (χ1) is 9.08. The van der Waals surface area contributed by atoms with Crippen LogP contribution < -0.4 is 5.56 Å². The fraction of sp³-hybridized carbons (Fsp3) is 0.500. The Morgan fingerprint density at radius 3 is 2.79 bits per heavy atom. The van der Waals surface area contributed by atoms with E-state index in [-0.39, 0.29) is 23.5 Å². The van der Waals surface area contributed by atoms with E-state index in [1.165, 1.54) is 18.9 Å². The molecule has 0 aliphatic carbocycles. The molecule has 104 valence electrons. The van der Waals surface area contributed by atoms with E-state index < -0.39 is 17.8 Å². The maximum Gasteiger partial charge on any atom is 0.295 e. The molecule has 5 nitrogen and oxygen atoms in total. The minimum atomic E-state index is -2.81. The van der Waals surface area contributed by atoms with Crippen LogP contribution in [-0.4, -0.2) is 34.5 Å². The third kappa shape index (κ3) is 2.77. The molecule has 0 bridgehead atoms. The Labute approximate surface area is 115 Å². The molecule has 2 rings (SSSR count). The highest BCUT2D eigenvalue weighted by Gasteiger charge is 2.20. The van der Waals surface area contributed by atoms with Crippen LogP contribution in [0, 0.1) is 0 Å². The van der Waals surface area contributed by atoms with Gasteiger partial charge in [0.25, 0.3) is 12.0 Å². The van der Waals surface area contributed by atoms with Crippen molar-refractivity contribution >= 4 is 33.4 Å². The van der Waals surface area contributed by atoms with E-state index in [0.717, 1.165) is 15.9 Å². The van der Waals surface area contributed by atoms with Crippen molar-refractivity contribution in [2.75, 3.05) is 20.0 Å². The van der Waals surface area contributed by atoms with Gasteiger partial charge in [-0.05, 0) is 6.26 Å². The van der Waals surface area contributed by atoms with Crippen molar-refractivity contribution in [1.29, 1.82) is 0 Å². The van der Waals surface area contributed by atoms with Crippen molar-refractivity contribution in [2.24, 2.45) is 0 Å². The van der Waals surface area contributed by atoms with Crippen LogP contribution in [0.15, 0.2) is 9.13 Å². The van der Waals surface area contributed by atoms with Crippen molar-refractivity contribution in [3.05, 3.63) is 16.2 Å². The van der Waals surface area contributed by atoms with Crippen LogP contribution >= 0.6 is 23.1 Å². The van der Waals surface area contributed by atoms with Crippen molar-refractivity contribution in [3.8, 4) is 0 Å². The molecule has 0 aromatic carbocycles. The zero-order valence-electron chi connectivity index (χ0n) is 10.2. The predicted octanol–water partition coefficient (Wildman–Crippen LogP) is 2.16. The number of hydrogen-bond donors (Lipinski definition) is 0. The third-order valence-electron chi connectivity index (χ3n) is 2.42. The van der Waals surface area contributed by atoms with Gasteiger partial charge in [0.2, 0.25) is 0 Å². The quantitative estimate of drug-likeness (QED) is 0.792. The first-order valence-electron chi connectivity index (χ1n) is 5.30. The highest BCUT2D eigenvalue weighted by molar-refractivity contribution is 8.00. The molecule has 0 radical (unpaired) electrons. The van der Waals surface area contributed by atoms with Crippen LogP contribution in [0.5, 0.6) is 0 Å². The maximum atomic E-state index is 13.0. The summed E-state index contributed by atoms with van der Waals surface area (Å²) in [5, 5.41) is 0. The lowest BCUT2D eigenvalue weighted by Crippen LogP contribution is -2.27. The first kappa shape index (κ1) is 14.4. The molecule has 19 heavy (non-hydrogen) atoms. The van der Waals surface area contributed by atoms with Crippen molar-refractivity contribution in [1.82, 2.24) is 14.5 Å². The molecule has 2 aromatic rings. The molecule has 2 aromatic heterocycles. The van der Waals surface area contributed by atoms with Crippen LogP contribution in [0.2, 0.25) is 0 Å². The Hall–Kier alpha value is -1.06. The van der Waals surface area contributed by atoms with Gasteiger partial charge in [-0.15, -0.1) is 0 Å². The minimum absolute atomic E-state index is 0.0318. The topological polar surface area (TPSA) is 57.0 Å². The highest BCUT2D eigenvalue weighted by atomic mass is 32.2. The van der Waals surface area contributed by atoms with Gasteiger partial charge in [-0.25, -0.2) is 18.7 Å². The maximum absolute atomic E-state index is 13.0. The van der Waals surface area contributed by atoms with E-state index in [4.69, 9.17) is 4.74 Å². The summed E-state index contributed by atoms with van der Waals surface area (Å²) in [7, 11) is 1.44. The lowest BCUT2D eigenvalue weighted by atomic mass is 10.4. The Bertz CT molecular complexity index is 641. The van der Waals surface area contributed by atoms with E-state index in [1.54, 1.807) is 6.26 Å². The van der Waals surface area contributed by atoms with E-state index >= 15 is 0 Å². The number of thiazole rings is 1. The standard InChI is InChI=1S/C10H11F2N3O2S2/c1-17-4-3-15-7(6(11)12)14-8-5(9(15)16)13-10(18-2)19-8/h6H,3-4H2,1-2H3. The number of aromatic nitrogens is 3. The zero-order chi connectivity index (χ0) is 14.0. The number of halogens is 2. The summed E-state index contributed by atoms with van der Waals surface area (Å²) in [6, 6.07) is 0. The number of hydrogen-bond acceptors (Lipinski definition) is 6. The number of methoxy groups -OCH3 is 1. The summed E-state index contributed by atoms with van der Waals surface area (Å²) >= 11 is 2.49. The Kier molecular flexibility index (Phi) is 4.48. The molecule has 0 atom stereocenters. The largest absolute Gasteiger partial charge is 0.383 e. The number of ether oxygens (including phenoxy) is 1. The van der Waals surface area contributed by atoms with Crippen LogP contribution in [0.4, 0.5) is 8.78 Å². The molecule has 0 saturated carbocycles. The van der Waals surface area contributed by atoms with Crippen molar-refractivity contribution < 1.29 is 13.5 Å². The molecule has 0 N–H and O–H groups in total. The van der Waals surface area contributed by atoms with Crippen LogP contribution in [0.1, 0.15) is 12.2 Å². The van der Waals surface area contributed by atoms with Crippen LogP contribution in [0.25, 0.3) is 10.3 Å². The molecule has 0 spiro atoms. The Morgan fingerprint density at radius 2 is 2.21 bits per heavy atom. The molecule has 0 unspecified atom stereocenters. The smallest absolute Gasteiger partial charge is 0.295 e. The monoisotopic (exact) mass is 307 g/mol. The minimum Gasteiger partial charge on any atom is -0.383 e. The molecule has 0 aliphatic heterocycles. The number of thioether (sulfide) groups is 1. The average molecular weight is 307 g/mol. The predicted molar refractivity (Wildman–Crippen MR) is 70.3 cm³/mol. The second-order valence-electron chi connectivity index (χ2n) is 3.56. The molecule has 0 aliphatic rings. The molecule has 2 heterocycles. The summed E-state index contributed by atoms with van der Waals surface area (Å²) in [6.45, 7) is 0.191. The van der Waals surface area contributed by atoms with Gasteiger partial charge in [0, 0.05) is 7.11 Å². The third-order valence-corrected chi connectivity index (χ3v) is 4.35. The van der Waals surface area contributed by atoms with E-state index in [2.05, 4.69) is 9.97 Å². The van der Waals surface area contributed by atoms with Gasteiger partial charge in [-0.2, -0.15) is 0 Å². The molecule has 9 heteroatoms. The second kappa shape index (κ2) is 5.93. The average Bonchev–Trinajstić information content (AvgIpc) is 2.80. The number of alkyl halides is 2. The molecule has 0 amide bonds. The van der Waals surface area contributed by atoms with E-state index in [0.29, 0.717) is 4.34 Å². The molecule has 0 saturated heterocycles. The number of nitrogens with zero attached hydrogens (tertiary/aromatic N) is 3. The fourth-order valence-electron chi connectivity index (χ4n) is 1.56. The molecular weight excluding hydrogens is 296 g/mol. The van der Waals surface area contributed by atoms with Gasteiger partial charge in [0.15, 0.2) is 20.5 Å². The van der Waals surface area contributed by atoms with Crippen LogP contribution in [0.3, 0.4) is 0 Å². The van der Waals surface area contributed by atoms with Crippen molar-refractivity contribution in [2.45, 2.75) is 17.3 Å². The summed E-state index contributed by atoms with van der Waals surface area (Å²) in [5.74, 6) is -0.536. The van der Waals surface area contributed by atoms with Gasteiger partial charge in [0.1, 0.15) is 0 Å². The second-order valence-corrected chi connectivity index (χ2v) is 5.59. The molecular formula is C10H11F2N3O2S2. The summed E-state index contributed by atoms with van der Waals surface area (Å²) in [5.41, 5.74) is -0.413. The van der Waals surface area contributed by atoms with Gasteiger partial charge in [-0.1, -0.05) is 23.1 Å². The van der Waals surface area contributed by atoms with Gasteiger partial charge < -0.3 is 4.74 Å². The van der Waals surface area contributed by atoms with Gasteiger partial charge >= 0.3 is 0 Å². The highest BCUT2D eigenvalue weighted by Crippen LogP contribution is 2.26.